The van der Waals surface area contributed by atoms with E-state index in [-0.39, 0.29) is 0 Å². The van der Waals surface area contributed by atoms with Gasteiger partial charge in [0.1, 0.15) is 0 Å². The summed E-state index contributed by atoms with van der Waals surface area (Å²) < 4.78 is 0. The standard InChI is InChI=1S/C19H36O2/c1-3-4-12-15-18(2)16-13-10-8-6-5-7-9-11-14-17-19(20)21/h8,10,18H,3-7,9,11-17H2,1-2H3,(H,20,21)/b10-8+. The maximum absolute atomic E-state index is 10.3. The predicted octanol–water partition coefficient (Wildman–Crippen LogP) is 6.35. The first kappa shape index (κ1) is 20.2. The van der Waals surface area contributed by atoms with E-state index in [0.717, 1.165) is 18.8 Å². The number of aliphatic carboxylic acids is 1. The number of hydrogen-bond donors (Lipinski definition) is 1. The van der Waals surface area contributed by atoms with Crippen molar-refractivity contribution >= 4 is 5.97 Å². The zero-order valence-corrected chi connectivity index (χ0v) is 14.3. The van der Waals surface area contributed by atoms with Gasteiger partial charge in [-0.05, 0) is 38.0 Å². The van der Waals surface area contributed by atoms with E-state index >= 15 is 0 Å². The van der Waals surface area contributed by atoms with Crippen molar-refractivity contribution < 1.29 is 9.90 Å². The van der Waals surface area contributed by atoms with Gasteiger partial charge < -0.3 is 5.11 Å². The summed E-state index contributed by atoms with van der Waals surface area (Å²) in [4.78, 5) is 10.3. The van der Waals surface area contributed by atoms with Gasteiger partial charge in [-0.2, -0.15) is 0 Å². The van der Waals surface area contributed by atoms with Gasteiger partial charge in [-0.15, -0.1) is 0 Å². The molecule has 0 saturated heterocycles. The fourth-order valence-electron chi connectivity index (χ4n) is 2.57. The molecule has 1 atom stereocenters. The molecule has 1 unspecified atom stereocenters. The molecule has 0 bridgehead atoms. The summed E-state index contributed by atoms with van der Waals surface area (Å²) in [5.41, 5.74) is 0. The van der Waals surface area contributed by atoms with Crippen LogP contribution in [0.1, 0.15) is 97.3 Å². The first-order valence-electron chi connectivity index (χ1n) is 9.03. The summed E-state index contributed by atoms with van der Waals surface area (Å²) >= 11 is 0. The van der Waals surface area contributed by atoms with Crippen molar-refractivity contribution in [3.63, 3.8) is 0 Å². The molecule has 0 spiro atoms. The Morgan fingerprint density at radius 3 is 2.29 bits per heavy atom. The Kier molecular flexibility index (Phi) is 15.0. The van der Waals surface area contributed by atoms with Crippen LogP contribution in [0.5, 0.6) is 0 Å². The van der Waals surface area contributed by atoms with E-state index in [2.05, 4.69) is 26.0 Å². The number of carboxylic acid groups (broad SMARTS) is 1. The molecule has 0 rings (SSSR count). The van der Waals surface area contributed by atoms with Crippen molar-refractivity contribution in [2.24, 2.45) is 5.92 Å². The van der Waals surface area contributed by atoms with Crippen LogP contribution in [0.4, 0.5) is 0 Å². The monoisotopic (exact) mass is 296 g/mol. The van der Waals surface area contributed by atoms with E-state index in [1.807, 2.05) is 0 Å². The minimum Gasteiger partial charge on any atom is -0.481 e. The summed E-state index contributed by atoms with van der Waals surface area (Å²) in [5, 5.41) is 8.53. The van der Waals surface area contributed by atoms with Gasteiger partial charge in [0.15, 0.2) is 0 Å². The minimum absolute atomic E-state index is 0.330. The van der Waals surface area contributed by atoms with Crippen LogP contribution in [0.2, 0.25) is 0 Å². The first-order valence-corrected chi connectivity index (χ1v) is 9.03. The van der Waals surface area contributed by atoms with Gasteiger partial charge in [0, 0.05) is 6.42 Å². The Morgan fingerprint density at radius 2 is 1.57 bits per heavy atom. The second-order valence-electron chi connectivity index (χ2n) is 6.35. The summed E-state index contributed by atoms with van der Waals surface area (Å²) in [5.74, 6) is 0.206. The predicted molar refractivity (Wildman–Crippen MR) is 91.6 cm³/mol. The summed E-state index contributed by atoms with van der Waals surface area (Å²) in [6.45, 7) is 4.64. The van der Waals surface area contributed by atoms with Crippen molar-refractivity contribution in [3.05, 3.63) is 12.2 Å². The Bertz CT molecular complexity index is 258. The Morgan fingerprint density at radius 1 is 0.905 bits per heavy atom. The molecule has 2 heteroatoms. The lowest BCUT2D eigenvalue weighted by Gasteiger charge is -2.08. The Labute approximate surface area is 132 Å². The second-order valence-corrected chi connectivity index (χ2v) is 6.35. The van der Waals surface area contributed by atoms with Crippen LogP contribution in [-0.2, 0) is 4.79 Å². The fraction of sp³-hybridized carbons (Fsp3) is 0.842. The molecule has 0 radical (unpaired) electrons. The van der Waals surface area contributed by atoms with Crippen molar-refractivity contribution in [2.75, 3.05) is 0 Å². The lowest BCUT2D eigenvalue weighted by Crippen LogP contribution is -1.93. The van der Waals surface area contributed by atoms with E-state index in [9.17, 15) is 4.79 Å². The third-order valence-corrected chi connectivity index (χ3v) is 4.05. The van der Waals surface area contributed by atoms with Crippen LogP contribution in [0.3, 0.4) is 0 Å². The maximum atomic E-state index is 10.3. The van der Waals surface area contributed by atoms with E-state index in [1.165, 1.54) is 64.2 Å². The largest absolute Gasteiger partial charge is 0.481 e. The van der Waals surface area contributed by atoms with Crippen LogP contribution in [-0.4, -0.2) is 11.1 Å². The molecule has 0 heterocycles. The number of hydrogen-bond acceptors (Lipinski definition) is 1. The number of unbranched alkanes of at least 4 members (excludes halogenated alkanes) is 7. The third-order valence-electron chi connectivity index (χ3n) is 4.05. The van der Waals surface area contributed by atoms with E-state index < -0.39 is 5.97 Å². The molecule has 0 aliphatic carbocycles. The Hall–Kier alpha value is -0.790. The third kappa shape index (κ3) is 17.2. The van der Waals surface area contributed by atoms with Gasteiger partial charge in [0.2, 0.25) is 0 Å². The van der Waals surface area contributed by atoms with Crippen molar-refractivity contribution in [1.29, 1.82) is 0 Å². The highest BCUT2D eigenvalue weighted by Gasteiger charge is 1.99. The normalized spacial score (nSPS) is 12.9. The van der Waals surface area contributed by atoms with Gasteiger partial charge >= 0.3 is 5.97 Å². The number of carboxylic acids is 1. The summed E-state index contributed by atoms with van der Waals surface area (Å²) in [7, 11) is 0. The highest BCUT2D eigenvalue weighted by Crippen LogP contribution is 2.15. The van der Waals surface area contributed by atoms with Gasteiger partial charge in [0.25, 0.3) is 0 Å². The molecule has 0 aromatic heterocycles. The lowest BCUT2D eigenvalue weighted by atomic mass is 9.98. The van der Waals surface area contributed by atoms with Gasteiger partial charge in [-0.1, -0.05) is 70.9 Å². The van der Waals surface area contributed by atoms with Crippen LogP contribution >= 0.6 is 0 Å². The molecule has 0 aliphatic heterocycles. The maximum Gasteiger partial charge on any atom is 0.303 e. The smallest absolute Gasteiger partial charge is 0.303 e. The molecule has 0 aliphatic rings. The zero-order valence-electron chi connectivity index (χ0n) is 14.3. The topological polar surface area (TPSA) is 37.3 Å². The molecular formula is C19H36O2. The number of allylic oxidation sites excluding steroid dienone is 2. The second kappa shape index (κ2) is 15.6. The minimum atomic E-state index is -0.665. The highest BCUT2D eigenvalue weighted by atomic mass is 16.4. The number of carbonyl (C=O) groups is 1. The van der Waals surface area contributed by atoms with Crippen molar-refractivity contribution in [1.82, 2.24) is 0 Å². The van der Waals surface area contributed by atoms with E-state index in [1.54, 1.807) is 0 Å². The molecule has 0 fully saturated rings. The van der Waals surface area contributed by atoms with Gasteiger partial charge in [-0.3, -0.25) is 4.79 Å². The SMILES string of the molecule is CCCCCC(C)CC/C=C/CCCCCCCC(=O)O. The van der Waals surface area contributed by atoms with Crippen molar-refractivity contribution in [3.8, 4) is 0 Å². The quantitative estimate of drug-likeness (QED) is 0.282. The first-order chi connectivity index (χ1) is 10.2. The average molecular weight is 296 g/mol. The average Bonchev–Trinajstić information content (AvgIpc) is 2.44. The van der Waals surface area contributed by atoms with Gasteiger partial charge in [0.05, 0.1) is 0 Å². The molecule has 1 N–H and O–H groups in total. The Balaban J connectivity index is 3.23. The molecular weight excluding hydrogens is 260 g/mol. The van der Waals surface area contributed by atoms with Crippen LogP contribution in [0.15, 0.2) is 12.2 Å². The van der Waals surface area contributed by atoms with Crippen LogP contribution in [0, 0.1) is 5.92 Å². The molecule has 21 heavy (non-hydrogen) atoms. The molecule has 0 aromatic carbocycles. The molecule has 0 saturated carbocycles. The van der Waals surface area contributed by atoms with E-state index in [4.69, 9.17) is 5.11 Å². The zero-order chi connectivity index (χ0) is 15.8. The molecule has 124 valence electrons. The molecule has 0 aromatic rings. The summed E-state index contributed by atoms with van der Waals surface area (Å²) in [6.07, 6.45) is 19.8. The number of rotatable bonds is 15. The van der Waals surface area contributed by atoms with Crippen LogP contribution in [0.25, 0.3) is 0 Å². The molecule has 0 amide bonds. The van der Waals surface area contributed by atoms with E-state index in [0.29, 0.717) is 6.42 Å². The van der Waals surface area contributed by atoms with Crippen LogP contribution < -0.4 is 0 Å². The van der Waals surface area contributed by atoms with Crippen molar-refractivity contribution in [2.45, 2.75) is 97.3 Å². The lowest BCUT2D eigenvalue weighted by molar-refractivity contribution is -0.137. The molecule has 2 nitrogen and oxygen atoms in total. The fourth-order valence-corrected chi connectivity index (χ4v) is 2.57. The van der Waals surface area contributed by atoms with Gasteiger partial charge in [-0.25, -0.2) is 0 Å². The summed E-state index contributed by atoms with van der Waals surface area (Å²) in [6, 6.07) is 0. The highest BCUT2D eigenvalue weighted by molar-refractivity contribution is 5.66.